The maximum Gasteiger partial charge on any atom is 0.164 e. The molecule has 0 unspecified atom stereocenters. The van der Waals surface area contributed by atoms with E-state index in [-0.39, 0.29) is 0 Å². The number of fused-ring (bicyclic) bond motifs is 6. The fourth-order valence-corrected chi connectivity index (χ4v) is 10.1. The highest BCUT2D eigenvalue weighted by Gasteiger charge is 2.17. The summed E-state index contributed by atoms with van der Waals surface area (Å²) < 4.78 is 4.80. The summed E-state index contributed by atoms with van der Waals surface area (Å²) in [4.78, 5) is 15.2. The highest BCUT2D eigenvalue weighted by molar-refractivity contribution is 7.25. The molecule has 4 nitrogen and oxygen atoms in total. The van der Waals surface area contributed by atoms with E-state index in [9.17, 15) is 0 Å². The minimum absolute atomic E-state index is 0.646. The maximum absolute atomic E-state index is 5.12. The maximum atomic E-state index is 5.12. The molecule has 12 rings (SSSR count). The highest BCUT2D eigenvalue weighted by atomic mass is 32.1. The van der Waals surface area contributed by atoms with Crippen LogP contribution in [0.2, 0.25) is 0 Å². The fraction of sp³-hybridized carbons (Fsp3) is 0. The van der Waals surface area contributed by atoms with Gasteiger partial charge in [0, 0.05) is 53.3 Å². The summed E-state index contributed by atoms with van der Waals surface area (Å²) >= 11 is 1.81. The summed E-state index contributed by atoms with van der Waals surface area (Å²) in [6.45, 7) is 0. The monoisotopic (exact) mass is 808 g/mol. The second-order valence-corrected chi connectivity index (χ2v) is 16.7. The smallest absolute Gasteiger partial charge is 0.164 e. The predicted octanol–water partition coefficient (Wildman–Crippen LogP) is 15.3. The molecule has 3 heterocycles. The van der Waals surface area contributed by atoms with Crippen molar-refractivity contribution in [3.63, 3.8) is 0 Å². The third kappa shape index (κ3) is 6.26. The first-order valence-corrected chi connectivity index (χ1v) is 21.7. The zero-order chi connectivity index (χ0) is 41.0. The normalized spacial score (nSPS) is 11.5. The summed E-state index contributed by atoms with van der Waals surface area (Å²) in [6.07, 6.45) is 0. The minimum Gasteiger partial charge on any atom is -0.309 e. The van der Waals surface area contributed by atoms with E-state index in [0.717, 1.165) is 33.5 Å². The van der Waals surface area contributed by atoms with Crippen molar-refractivity contribution in [2.75, 3.05) is 0 Å². The number of aromatic nitrogens is 4. The molecule has 0 spiro atoms. The lowest BCUT2D eigenvalue weighted by Crippen LogP contribution is -2.00. The molecule has 5 heteroatoms. The summed E-state index contributed by atoms with van der Waals surface area (Å²) in [5, 5.41) is 4.96. The summed E-state index contributed by atoms with van der Waals surface area (Å²) in [7, 11) is 0. The first kappa shape index (κ1) is 35.9. The molecule has 9 aromatic carbocycles. The highest BCUT2D eigenvalue weighted by Crippen LogP contribution is 2.42. The Kier molecular flexibility index (Phi) is 8.65. The average molecular weight is 809 g/mol. The Hall–Kier alpha value is -7.99. The van der Waals surface area contributed by atoms with Gasteiger partial charge in [0.25, 0.3) is 0 Å². The molecule has 290 valence electrons. The lowest BCUT2D eigenvalue weighted by atomic mass is 9.93. The molecule has 0 amide bonds. The molecule has 0 fully saturated rings. The number of para-hydroxylation sites is 2. The molecule has 0 aliphatic heterocycles. The third-order valence-electron chi connectivity index (χ3n) is 11.9. The van der Waals surface area contributed by atoms with E-state index in [0.29, 0.717) is 17.5 Å². The topological polar surface area (TPSA) is 43.6 Å². The zero-order valence-electron chi connectivity index (χ0n) is 33.5. The van der Waals surface area contributed by atoms with Crippen molar-refractivity contribution < 1.29 is 0 Å². The second-order valence-electron chi connectivity index (χ2n) is 15.6. The molecular formula is C57H36N4S. The number of hydrogen-bond donors (Lipinski definition) is 0. The van der Waals surface area contributed by atoms with Crippen molar-refractivity contribution in [1.29, 1.82) is 0 Å². The van der Waals surface area contributed by atoms with Gasteiger partial charge in [0.15, 0.2) is 17.5 Å². The van der Waals surface area contributed by atoms with Crippen molar-refractivity contribution in [1.82, 2.24) is 19.5 Å². The molecule has 0 saturated carbocycles. The van der Waals surface area contributed by atoms with Crippen LogP contribution in [0.5, 0.6) is 0 Å². The standard InChI is InChI=1S/C57H36N4S/c1-4-15-37(16-5-1)39-19-14-20-42(33-39)56-58-55(38-17-6-2-7-18-38)59-57(60-56)43-28-31-49-48-30-27-41(35-53(48)62-54(49)36-43)46-24-11-10-23-45(46)40-29-32-52-50(34-40)47-25-12-13-26-51(47)61(52)44-21-8-3-9-22-44/h1-36H. The van der Waals surface area contributed by atoms with Crippen molar-refractivity contribution in [2.45, 2.75) is 0 Å². The van der Waals surface area contributed by atoms with Gasteiger partial charge in [-0.25, -0.2) is 15.0 Å². The third-order valence-corrected chi connectivity index (χ3v) is 13.0. The Morgan fingerprint density at radius 2 is 0.774 bits per heavy atom. The van der Waals surface area contributed by atoms with Gasteiger partial charge in [0.2, 0.25) is 0 Å². The van der Waals surface area contributed by atoms with Gasteiger partial charge in [-0.1, -0.05) is 170 Å². The zero-order valence-corrected chi connectivity index (χ0v) is 34.3. The summed E-state index contributed by atoms with van der Waals surface area (Å²) in [5.74, 6) is 1.95. The Balaban J connectivity index is 0.937. The van der Waals surface area contributed by atoms with Gasteiger partial charge in [-0.2, -0.15) is 0 Å². The van der Waals surface area contributed by atoms with Crippen molar-refractivity contribution in [2.24, 2.45) is 0 Å². The van der Waals surface area contributed by atoms with Gasteiger partial charge >= 0.3 is 0 Å². The van der Waals surface area contributed by atoms with Gasteiger partial charge in [0.1, 0.15) is 0 Å². The summed E-state index contributed by atoms with van der Waals surface area (Å²) in [5.41, 5.74) is 13.5. The van der Waals surface area contributed by atoms with E-state index >= 15 is 0 Å². The number of rotatable bonds is 7. The predicted molar refractivity (Wildman–Crippen MR) is 260 cm³/mol. The van der Waals surface area contributed by atoms with Crippen LogP contribution in [0.3, 0.4) is 0 Å². The van der Waals surface area contributed by atoms with Crippen LogP contribution in [0, 0.1) is 0 Å². The van der Waals surface area contributed by atoms with E-state index in [1.807, 2.05) is 35.6 Å². The van der Waals surface area contributed by atoms with Crippen LogP contribution in [-0.4, -0.2) is 19.5 Å². The molecule has 0 N–H and O–H groups in total. The van der Waals surface area contributed by atoms with E-state index < -0.39 is 0 Å². The largest absolute Gasteiger partial charge is 0.309 e. The average Bonchev–Trinajstić information content (AvgIpc) is 3.89. The second kappa shape index (κ2) is 14.9. The molecular weight excluding hydrogens is 773 g/mol. The van der Waals surface area contributed by atoms with Crippen LogP contribution in [0.4, 0.5) is 0 Å². The van der Waals surface area contributed by atoms with Gasteiger partial charge in [-0.15, -0.1) is 11.3 Å². The van der Waals surface area contributed by atoms with E-state index in [2.05, 4.69) is 199 Å². The van der Waals surface area contributed by atoms with Crippen LogP contribution in [0.1, 0.15) is 0 Å². The fourth-order valence-electron chi connectivity index (χ4n) is 8.88. The van der Waals surface area contributed by atoms with Crippen molar-refractivity contribution in [3.8, 4) is 73.2 Å². The van der Waals surface area contributed by atoms with E-state index in [1.54, 1.807) is 0 Å². The SMILES string of the molecule is c1ccc(-c2cccc(-c3nc(-c4ccccc4)nc(-c4ccc5c(c4)sc4cc(-c6ccccc6-c6ccc7c(c6)c6ccccc6n7-c6ccccc6)ccc45)n3)c2)cc1. The van der Waals surface area contributed by atoms with E-state index in [1.165, 1.54) is 64.2 Å². The summed E-state index contributed by atoms with van der Waals surface area (Å²) in [6, 6.07) is 77.6. The Morgan fingerprint density at radius 3 is 1.48 bits per heavy atom. The van der Waals surface area contributed by atoms with Crippen LogP contribution < -0.4 is 0 Å². The molecule has 0 atom stereocenters. The van der Waals surface area contributed by atoms with Gasteiger partial charge in [0.05, 0.1) is 11.0 Å². The van der Waals surface area contributed by atoms with Gasteiger partial charge < -0.3 is 4.57 Å². The molecule has 0 bridgehead atoms. The van der Waals surface area contributed by atoms with Crippen molar-refractivity contribution in [3.05, 3.63) is 218 Å². The molecule has 3 aromatic heterocycles. The molecule has 62 heavy (non-hydrogen) atoms. The minimum atomic E-state index is 0.646. The molecule has 0 aliphatic carbocycles. The Labute approximate surface area is 362 Å². The van der Waals surface area contributed by atoms with Crippen LogP contribution in [0.15, 0.2) is 218 Å². The van der Waals surface area contributed by atoms with Crippen molar-refractivity contribution >= 4 is 53.3 Å². The van der Waals surface area contributed by atoms with Crippen LogP contribution in [-0.2, 0) is 0 Å². The Bertz CT molecular complexity index is 3630. The first-order chi connectivity index (χ1) is 30.7. The number of nitrogens with zero attached hydrogens (tertiary/aromatic N) is 4. The quantitative estimate of drug-likeness (QED) is 0.161. The molecule has 0 saturated heterocycles. The lowest BCUT2D eigenvalue weighted by molar-refractivity contribution is 1.07. The first-order valence-electron chi connectivity index (χ1n) is 20.8. The molecule has 0 aliphatic rings. The van der Waals surface area contributed by atoms with Crippen LogP contribution in [0.25, 0.3) is 115 Å². The lowest BCUT2D eigenvalue weighted by Gasteiger charge is -2.12. The number of thiophene rings is 1. The number of hydrogen-bond acceptors (Lipinski definition) is 4. The Morgan fingerprint density at radius 1 is 0.290 bits per heavy atom. The number of benzene rings is 9. The van der Waals surface area contributed by atoms with Gasteiger partial charge in [-0.3, -0.25) is 0 Å². The van der Waals surface area contributed by atoms with E-state index in [4.69, 9.17) is 15.0 Å². The molecule has 0 radical (unpaired) electrons. The van der Waals surface area contributed by atoms with Crippen LogP contribution >= 0.6 is 11.3 Å². The van der Waals surface area contributed by atoms with Gasteiger partial charge in [-0.05, 0) is 81.9 Å². The molecule has 12 aromatic rings.